The second kappa shape index (κ2) is 4.96. The summed E-state index contributed by atoms with van der Waals surface area (Å²) < 4.78 is 13.8. The highest BCUT2D eigenvalue weighted by molar-refractivity contribution is 5.79. The van der Waals surface area contributed by atoms with Gasteiger partial charge in [-0.3, -0.25) is 4.99 Å². The lowest BCUT2D eigenvalue weighted by molar-refractivity contribution is 0.536. The van der Waals surface area contributed by atoms with Gasteiger partial charge in [0.1, 0.15) is 5.82 Å². The number of halogens is 1. The van der Waals surface area contributed by atoms with Gasteiger partial charge < -0.3 is 10.2 Å². The van der Waals surface area contributed by atoms with Gasteiger partial charge in [0.15, 0.2) is 5.96 Å². The normalized spacial score (nSPS) is 17.4. The Kier molecular flexibility index (Phi) is 3.55. The van der Waals surface area contributed by atoms with E-state index in [-0.39, 0.29) is 11.2 Å². The summed E-state index contributed by atoms with van der Waals surface area (Å²) in [5, 5.41) is 3.31. The molecule has 1 aliphatic rings. The van der Waals surface area contributed by atoms with Crippen molar-refractivity contribution in [2.24, 2.45) is 4.99 Å². The lowest BCUT2D eigenvalue weighted by Crippen LogP contribution is -2.40. The second-order valence-corrected chi connectivity index (χ2v) is 5.06. The lowest BCUT2D eigenvalue weighted by Gasteiger charge is -2.22. The van der Waals surface area contributed by atoms with Crippen molar-refractivity contribution < 1.29 is 4.39 Å². The highest BCUT2D eigenvalue weighted by Gasteiger charge is 2.45. The summed E-state index contributed by atoms with van der Waals surface area (Å²) in [5.41, 5.74) is 0.781. The first kappa shape index (κ1) is 12.9. The van der Waals surface area contributed by atoms with Gasteiger partial charge in [-0.2, -0.15) is 0 Å². The van der Waals surface area contributed by atoms with Crippen LogP contribution in [0.5, 0.6) is 0 Å². The van der Waals surface area contributed by atoms with Crippen LogP contribution in [0.1, 0.15) is 18.4 Å². The summed E-state index contributed by atoms with van der Waals surface area (Å²) in [6.07, 6.45) is 2.07. The fraction of sp³-hybridized carbons (Fsp3) is 0.500. The molecule has 0 bridgehead atoms. The Morgan fingerprint density at radius 3 is 2.56 bits per heavy atom. The SMILES string of the molecule is CN=C(NCC1(c2ccccc2F)CC1)N(C)C. The third kappa shape index (κ3) is 2.47. The average Bonchev–Trinajstić information content (AvgIpc) is 3.11. The van der Waals surface area contributed by atoms with Crippen LogP contribution in [0.15, 0.2) is 29.3 Å². The zero-order valence-electron chi connectivity index (χ0n) is 11.2. The molecule has 4 heteroatoms. The third-order valence-corrected chi connectivity index (χ3v) is 3.52. The van der Waals surface area contributed by atoms with Crippen LogP contribution in [0.25, 0.3) is 0 Å². The van der Waals surface area contributed by atoms with Gasteiger partial charge in [-0.05, 0) is 24.5 Å². The van der Waals surface area contributed by atoms with E-state index in [9.17, 15) is 4.39 Å². The van der Waals surface area contributed by atoms with E-state index < -0.39 is 0 Å². The summed E-state index contributed by atoms with van der Waals surface area (Å²) in [6, 6.07) is 7.07. The number of nitrogens with one attached hydrogen (secondary N) is 1. The minimum absolute atomic E-state index is 0.0444. The van der Waals surface area contributed by atoms with Gasteiger partial charge in [0.05, 0.1) is 0 Å². The molecule has 0 spiro atoms. The number of hydrogen-bond acceptors (Lipinski definition) is 1. The molecule has 0 amide bonds. The summed E-state index contributed by atoms with van der Waals surface area (Å²) in [7, 11) is 5.64. The van der Waals surface area contributed by atoms with Crippen LogP contribution < -0.4 is 5.32 Å². The van der Waals surface area contributed by atoms with Crippen LogP contribution in [0.4, 0.5) is 4.39 Å². The average molecular weight is 249 g/mol. The predicted molar refractivity (Wildman–Crippen MR) is 72.4 cm³/mol. The van der Waals surface area contributed by atoms with Crippen molar-refractivity contribution in [1.82, 2.24) is 10.2 Å². The number of rotatable bonds is 3. The Hall–Kier alpha value is -1.58. The number of aliphatic imine (C=N–C) groups is 1. The minimum atomic E-state index is -0.100. The van der Waals surface area contributed by atoms with Crippen molar-refractivity contribution >= 4 is 5.96 Å². The molecule has 1 fully saturated rings. The first-order valence-electron chi connectivity index (χ1n) is 6.22. The maximum absolute atomic E-state index is 13.8. The molecule has 1 N–H and O–H groups in total. The summed E-state index contributed by atoms with van der Waals surface area (Å²) in [5.74, 6) is 0.731. The van der Waals surface area contributed by atoms with Gasteiger partial charge in [0, 0.05) is 33.1 Å². The van der Waals surface area contributed by atoms with E-state index in [4.69, 9.17) is 0 Å². The first-order chi connectivity index (χ1) is 8.59. The van der Waals surface area contributed by atoms with E-state index in [1.807, 2.05) is 31.1 Å². The smallest absolute Gasteiger partial charge is 0.193 e. The van der Waals surface area contributed by atoms with Crippen molar-refractivity contribution in [1.29, 1.82) is 0 Å². The molecule has 98 valence electrons. The highest BCUT2D eigenvalue weighted by atomic mass is 19.1. The van der Waals surface area contributed by atoms with Crippen molar-refractivity contribution in [2.45, 2.75) is 18.3 Å². The third-order valence-electron chi connectivity index (χ3n) is 3.52. The van der Waals surface area contributed by atoms with Crippen LogP contribution in [0.3, 0.4) is 0 Å². The van der Waals surface area contributed by atoms with Crippen molar-refractivity contribution in [3.05, 3.63) is 35.6 Å². The number of nitrogens with zero attached hydrogens (tertiary/aromatic N) is 2. The van der Waals surface area contributed by atoms with E-state index >= 15 is 0 Å². The second-order valence-electron chi connectivity index (χ2n) is 5.06. The minimum Gasteiger partial charge on any atom is -0.355 e. The van der Waals surface area contributed by atoms with Gasteiger partial charge in [-0.15, -0.1) is 0 Å². The van der Waals surface area contributed by atoms with E-state index in [1.165, 1.54) is 6.07 Å². The number of hydrogen-bond donors (Lipinski definition) is 1. The van der Waals surface area contributed by atoms with Crippen LogP contribution in [0, 0.1) is 5.82 Å². The Bertz CT molecular complexity index is 450. The van der Waals surface area contributed by atoms with E-state index in [2.05, 4.69) is 10.3 Å². The standard InChI is InChI=1S/C14H20FN3/c1-16-13(18(2)3)17-10-14(8-9-14)11-6-4-5-7-12(11)15/h4-7H,8-10H2,1-3H3,(H,16,17). The van der Waals surface area contributed by atoms with Gasteiger partial charge in [0.25, 0.3) is 0 Å². The molecular weight excluding hydrogens is 229 g/mol. The molecule has 1 saturated carbocycles. The lowest BCUT2D eigenvalue weighted by atomic mass is 9.95. The van der Waals surface area contributed by atoms with Gasteiger partial charge in [0.2, 0.25) is 0 Å². The topological polar surface area (TPSA) is 27.6 Å². The Labute approximate surface area is 108 Å². The monoisotopic (exact) mass is 249 g/mol. The summed E-state index contributed by atoms with van der Waals surface area (Å²) in [6.45, 7) is 0.735. The molecule has 3 nitrogen and oxygen atoms in total. The fourth-order valence-corrected chi connectivity index (χ4v) is 2.27. The zero-order valence-corrected chi connectivity index (χ0v) is 11.2. The summed E-state index contributed by atoms with van der Waals surface area (Å²) in [4.78, 5) is 6.10. The van der Waals surface area contributed by atoms with Crippen molar-refractivity contribution in [2.75, 3.05) is 27.7 Å². The molecule has 1 aromatic carbocycles. The van der Waals surface area contributed by atoms with E-state index in [0.717, 1.165) is 30.9 Å². The Morgan fingerprint density at radius 1 is 1.39 bits per heavy atom. The van der Waals surface area contributed by atoms with Crippen LogP contribution in [0.2, 0.25) is 0 Å². The zero-order chi connectivity index (χ0) is 13.2. The largest absolute Gasteiger partial charge is 0.355 e. The van der Waals surface area contributed by atoms with Crippen molar-refractivity contribution in [3.63, 3.8) is 0 Å². The van der Waals surface area contributed by atoms with Crippen LogP contribution >= 0.6 is 0 Å². The first-order valence-corrected chi connectivity index (χ1v) is 6.22. The van der Waals surface area contributed by atoms with Crippen LogP contribution in [-0.2, 0) is 5.41 Å². The molecule has 0 unspecified atom stereocenters. The molecule has 0 aromatic heterocycles. The number of benzene rings is 1. The van der Waals surface area contributed by atoms with Gasteiger partial charge in [-0.1, -0.05) is 18.2 Å². The number of guanidine groups is 1. The van der Waals surface area contributed by atoms with Crippen molar-refractivity contribution in [3.8, 4) is 0 Å². The Morgan fingerprint density at radius 2 is 2.06 bits per heavy atom. The molecule has 0 atom stereocenters. The fourth-order valence-electron chi connectivity index (χ4n) is 2.27. The molecule has 1 aromatic rings. The molecule has 1 aliphatic carbocycles. The maximum Gasteiger partial charge on any atom is 0.193 e. The molecule has 18 heavy (non-hydrogen) atoms. The molecule has 0 aliphatic heterocycles. The van der Waals surface area contributed by atoms with Gasteiger partial charge in [-0.25, -0.2) is 4.39 Å². The van der Waals surface area contributed by atoms with E-state index in [1.54, 1.807) is 13.1 Å². The highest BCUT2D eigenvalue weighted by Crippen LogP contribution is 2.48. The molecule has 0 saturated heterocycles. The summed E-state index contributed by atoms with van der Waals surface area (Å²) >= 11 is 0. The molecular formula is C14H20FN3. The van der Waals surface area contributed by atoms with E-state index in [0.29, 0.717) is 0 Å². The van der Waals surface area contributed by atoms with Gasteiger partial charge >= 0.3 is 0 Å². The Balaban J connectivity index is 2.08. The molecule has 0 heterocycles. The maximum atomic E-state index is 13.8. The quantitative estimate of drug-likeness (QED) is 0.655. The predicted octanol–water partition coefficient (Wildman–Crippen LogP) is 1.99. The van der Waals surface area contributed by atoms with Crippen LogP contribution in [-0.4, -0.2) is 38.5 Å². The molecule has 0 radical (unpaired) electrons. The molecule has 2 rings (SSSR count).